The second-order valence-corrected chi connectivity index (χ2v) is 9.52. The lowest BCUT2D eigenvalue weighted by molar-refractivity contribution is -0.157. The molecule has 0 bridgehead atoms. The zero-order valence-electron chi connectivity index (χ0n) is 21.3. The average molecular weight is 562 g/mol. The van der Waals surface area contributed by atoms with Crippen molar-refractivity contribution in [2.75, 3.05) is 18.9 Å². The monoisotopic (exact) mass is 561 g/mol. The maximum absolute atomic E-state index is 14.8. The number of likely N-dealkylation sites (N-methyl/N-ethyl adjacent to an activating group) is 1. The molecule has 1 aromatic heterocycles. The summed E-state index contributed by atoms with van der Waals surface area (Å²) in [6, 6.07) is 3.50. The van der Waals surface area contributed by atoms with Crippen LogP contribution in [0.3, 0.4) is 0 Å². The smallest absolute Gasteiger partial charge is 0.339 e. The summed E-state index contributed by atoms with van der Waals surface area (Å²) in [5.41, 5.74) is -0.0670. The van der Waals surface area contributed by atoms with Crippen molar-refractivity contribution in [3.05, 3.63) is 47.5 Å². The Hall–Kier alpha value is -3.58. The maximum atomic E-state index is 14.8. The maximum Gasteiger partial charge on any atom is 0.406 e. The van der Waals surface area contributed by atoms with Gasteiger partial charge in [-0.3, -0.25) is 19.1 Å². The van der Waals surface area contributed by atoms with Crippen molar-refractivity contribution in [3.63, 3.8) is 0 Å². The van der Waals surface area contributed by atoms with Gasteiger partial charge >= 0.3 is 6.18 Å². The van der Waals surface area contributed by atoms with Crippen molar-refractivity contribution in [1.82, 2.24) is 20.0 Å². The molecule has 1 aliphatic rings. The van der Waals surface area contributed by atoms with Gasteiger partial charge in [0.25, 0.3) is 5.91 Å². The van der Waals surface area contributed by atoms with Gasteiger partial charge in [-0.15, -0.1) is 0 Å². The number of rotatable bonds is 9. The molecule has 8 nitrogen and oxygen atoms in total. The molecule has 1 unspecified atom stereocenters. The first-order valence-corrected chi connectivity index (χ1v) is 12.3. The zero-order valence-corrected chi connectivity index (χ0v) is 21.3. The summed E-state index contributed by atoms with van der Waals surface area (Å²) in [7, 11) is 0.976. The minimum atomic E-state index is -4.58. The van der Waals surface area contributed by atoms with Crippen molar-refractivity contribution in [1.29, 1.82) is 0 Å². The van der Waals surface area contributed by atoms with E-state index in [1.54, 1.807) is 6.92 Å². The summed E-state index contributed by atoms with van der Waals surface area (Å²) < 4.78 is 81.3. The summed E-state index contributed by atoms with van der Waals surface area (Å²) >= 11 is 0. The minimum Gasteiger partial charge on any atom is -0.339 e. The lowest BCUT2D eigenvalue weighted by Crippen LogP contribution is -2.50. The number of nitrogens with zero attached hydrogens (tertiary/aromatic N) is 3. The molecule has 1 aliphatic carbocycles. The van der Waals surface area contributed by atoms with E-state index in [0.29, 0.717) is 11.4 Å². The minimum absolute atomic E-state index is 0.0482. The van der Waals surface area contributed by atoms with Crippen LogP contribution in [0.25, 0.3) is 0 Å². The highest BCUT2D eigenvalue weighted by atomic mass is 19.4. The molecule has 14 heteroatoms. The average Bonchev–Trinajstić information content (AvgIpc) is 3.32. The fourth-order valence-electron chi connectivity index (χ4n) is 4.43. The quantitative estimate of drug-likeness (QED) is 0.450. The number of hydrogen-bond acceptors (Lipinski definition) is 4. The first kappa shape index (κ1) is 30.0. The number of carbonyl (C=O) groups is 3. The largest absolute Gasteiger partial charge is 0.406 e. The van der Waals surface area contributed by atoms with Crippen molar-refractivity contribution >= 4 is 23.4 Å². The van der Waals surface area contributed by atoms with Crippen molar-refractivity contribution in [2.24, 2.45) is 5.92 Å². The van der Waals surface area contributed by atoms with Crippen LogP contribution in [0.2, 0.25) is 0 Å². The van der Waals surface area contributed by atoms with Crippen LogP contribution in [0, 0.1) is 11.7 Å². The third-order valence-electron chi connectivity index (χ3n) is 6.54. The second kappa shape index (κ2) is 12.1. The molecule has 0 spiro atoms. The molecule has 2 aromatic rings. The number of alkyl halides is 5. The summed E-state index contributed by atoms with van der Waals surface area (Å²) in [5.74, 6) is -6.84. The highest BCUT2D eigenvalue weighted by Crippen LogP contribution is 2.38. The van der Waals surface area contributed by atoms with E-state index < -0.39 is 73.4 Å². The molecule has 2 N–H and O–H groups in total. The number of hydrogen-bond donors (Lipinski definition) is 2. The van der Waals surface area contributed by atoms with Crippen LogP contribution in [-0.4, -0.2) is 64.1 Å². The van der Waals surface area contributed by atoms with Crippen LogP contribution >= 0.6 is 0 Å². The highest BCUT2D eigenvalue weighted by molar-refractivity contribution is 6.00. The predicted octanol–water partition coefficient (Wildman–Crippen LogP) is 4.17. The Labute approximate surface area is 220 Å². The summed E-state index contributed by atoms with van der Waals surface area (Å²) in [5, 5.41) is 8.94. The van der Waals surface area contributed by atoms with Gasteiger partial charge in [0, 0.05) is 32.6 Å². The number of aromatic nitrogens is 2. The van der Waals surface area contributed by atoms with E-state index in [9.17, 15) is 40.7 Å². The van der Waals surface area contributed by atoms with E-state index in [1.807, 2.05) is 0 Å². The lowest BCUT2D eigenvalue weighted by Gasteiger charge is -2.33. The molecule has 1 fully saturated rings. The Morgan fingerprint density at radius 3 is 2.44 bits per heavy atom. The third-order valence-corrected chi connectivity index (χ3v) is 6.54. The van der Waals surface area contributed by atoms with Gasteiger partial charge in [0.2, 0.25) is 17.7 Å². The molecular weight excluding hydrogens is 532 g/mol. The number of nitrogens with one attached hydrogen (secondary N) is 2. The van der Waals surface area contributed by atoms with Crippen LogP contribution < -0.4 is 10.6 Å². The van der Waals surface area contributed by atoms with E-state index >= 15 is 0 Å². The van der Waals surface area contributed by atoms with Gasteiger partial charge in [-0.25, -0.2) is 13.2 Å². The van der Waals surface area contributed by atoms with Crippen LogP contribution in [0.5, 0.6) is 0 Å². The molecule has 1 heterocycles. The standard InChI is InChI=1S/C25H29F6N5O3/c1-3-36-19(8-11-32-36)22(38)34-21(16-6-9-24(27,28)10-7-16)23(39)33-18-5-4-15(12-17(18)26)13-20(37)35(2)14-25(29,30)31/h4-5,8,11-12,16,21H,3,6-7,9-10,13-14H2,1-2H3,(H,33,39)(H,34,38). The molecule has 3 rings (SSSR count). The number of halogens is 6. The Morgan fingerprint density at radius 2 is 1.85 bits per heavy atom. The molecule has 0 saturated heterocycles. The molecule has 1 atom stereocenters. The summed E-state index contributed by atoms with van der Waals surface area (Å²) in [6.07, 6.45) is -4.72. The summed E-state index contributed by atoms with van der Waals surface area (Å²) in [6.45, 7) is 0.668. The van der Waals surface area contributed by atoms with Crippen molar-refractivity contribution < 1.29 is 40.7 Å². The lowest BCUT2D eigenvalue weighted by atomic mass is 9.81. The Balaban J connectivity index is 1.74. The number of benzene rings is 1. The highest BCUT2D eigenvalue weighted by Gasteiger charge is 2.40. The number of anilines is 1. The van der Waals surface area contributed by atoms with Crippen LogP contribution in [0.15, 0.2) is 30.5 Å². The number of carbonyl (C=O) groups excluding carboxylic acids is 3. The molecule has 1 saturated carbocycles. The van der Waals surface area contributed by atoms with Gasteiger partial charge in [-0.1, -0.05) is 6.07 Å². The predicted molar refractivity (Wildman–Crippen MR) is 128 cm³/mol. The van der Waals surface area contributed by atoms with Crippen LogP contribution in [0.4, 0.5) is 32.0 Å². The molecule has 1 aromatic carbocycles. The molecule has 0 aliphatic heterocycles. The van der Waals surface area contributed by atoms with E-state index in [1.165, 1.54) is 23.0 Å². The van der Waals surface area contributed by atoms with E-state index in [0.717, 1.165) is 19.2 Å². The fourth-order valence-corrected chi connectivity index (χ4v) is 4.43. The normalized spacial score (nSPS) is 16.4. The Kier molecular flexibility index (Phi) is 9.28. The van der Waals surface area contributed by atoms with Gasteiger partial charge in [0.15, 0.2) is 0 Å². The first-order chi connectivity index (χ1) is 18.2. The van der Waals surface area contributed by atoms with Crippen LogP contribution in [-0.2, 0) is 22.6 Å². The second-order valence-electron chi connectivity index (χ2n) is 9.52. The van der Waals surface area contributed by atoms with Gasteiger partial charge in [0.05, 0.1) is 12.1 Å². The zero-order chi connectivity index (χ0) is 29.0. The molecule has 0 radical (unpaired) electrons. The molecule has 3 amide bonds. The molecular formula is C25H29F6N5O3. The van der Waals surface area contributed by atoms with Crippen molar-refractivity contribution in [3.8, 4) is 0 Å². The number of amides is 3. The van der Waals surface area contributed by atoms with Gasteiger partial charge in [-0.05, 0) is 49.4 Å². The van der Waals surface area contributed by atoms with Crippen molar-refractivity contribution in [2.45, 2.75) is 63.7 Å². The Morgan fingerprint density at radius 1 is 1.18 bits per heavy atom. The van der Waals surface area contributed by atoms with Gasteiger partial charge < -0.3 is 15.5 Å². The molecule has 39 heavy (non-hydrogen) atoms. The fraction of sp³-hybridized carbons (Fsp3) is 0.520. The summed E-state index contributed by atoms with van der Waals surface area (Å²) in [4.78, 5) is 38.6. The Bertz CT molecular complexity index is 1190. The topological polar surface area (TPSA) is 96.3 Å². The van der Waals surface area contributed by atoms with Crippen LogP contribution in [0.1, 0.15) is 48.7 Å². The number of aryl methyl sites for hydroxylation is 1. The van der Waals surface area contributed by atoms with E-state index in [-0.39, 0.29) is 29.8 Å². The van der Waals surface area contributed by atoms with Gasteiger partial charge in [0.1, 0.15) is 24.1 Å². The SMILES string of the molecule is CCn1nccc1C(=O)NC(C(=O)Nc1ccc(CC(=O)N(C)CC(F)(F)F)cc1F)C1CCC(F)(F)CC1. The van der Waals surface area contributed by atoms with E-state index in [2.05, 4.69) is 15.7 Å². The molecule has 214 valence electrons. The van der Waals surface area contributed by atoms with Gasteiger partial charge in [-0.2, -0.15) is 18.3 Å². The third kappa shape index (κ3) is 8.20. The van der Waals surface area contributed by atoms with E-state index in [4.69, 9.17) is 0 Å². The first-order valence-electron chi connectivity index (χ1n) is 12.3.